The van der Waals surface area contributed by atoms with E-state index in [4.69, 9.17) is 10.5 Å². The Balaban J connectivity index is 2.84. The maximum Gasteiger partial charge on any atom is 0.228 e. The van der Waals surface area contributed by atoms with E-state index in [1.54, 1.807) is 12.3 Å². The summed E-state index contributed by atoms with van der Waals surface area (Å²) in [5.74, 6) is 1.24. The number of ether oxygens (including phenoxy) is 1. The number of anilines is 1. The largest absolute Gasteiger partial charge is 0.478 e. The Kier molecular flexibility index (Phi) is 4.69. The standard InChI is InChI=1S/C12H22N4O/c1-5-8-17-10-6-7-14-11(15-10)16(4)12(2,3)9-13/h6-7H,5,8-9,13H2,1-4H3. The van der Waals surface area contributed by atoms with Gasteiger partial charge in [0, 0.05) is 31.4 Å². The van der Waals surface area contributed by atoms with Crippen molar-refractivity contribution in [3.63, 3.8) is 0 Å². The Hall–Kier alpha value is -1.36. The van der Waals surface area contributed by atoms with Gasteiger partial charge in [0.25, 0.3) is 0 Å². The molecule has 0 atom stereocenters. The van der Waals surface area contributed by atoms with Crippen LogP contribution in [0.5, 0.6) is 5.88 Å². The van der Waals surface area contributed by atoms with Crippen LogP contribution in [0.2, 0.25) is 0 Å². The number of rotatable bonds is 6. The molecule has 0 amide bonds. The van der Waals surface area contributed by atoms with Crippen LogP contribution in [0, 0.1) is 0 Å². The van der Waals surface area contributed by atoms with Gasteiger partial charge in [0.15, 0.2) is 0 Å². The summed E-state index contributed by atoms with van der Waals surface area (Å²) in [6.07, 6.45) is 2.67. The second-order valence-electron chi connectivity index (χ2n) is 4.62. The fraction of sp³-hybridized carbons (Fsp3) is 0.667. The van der Waals surface area contributed by atoms with Gasteiger partial charge in [0.2, 0.25) is 11.8 Å². The molecule has 5 heteroatoms. The zero-order valence-corrected chi connectivity index (χ0v) is 11.1. The second-order valence-corrected chi connectivity index (χ2v) is 4.62. The summed E-state index contributed by atoms with van der Waals surface area (Å²) < 4.78 is 5.48. The van der Waals surface area contributed by atoms with E-state index in [1.165, 1.54) is 0 Å². The molecule has 0 unspecified atom stereocenters. The molecule has 0 aliphatic heterocycles. The van der Waals surface area contributed by atoms with Crippen LogP contribution in [0.15, 0.2) is 12.3 Å². The average molecular weight is 238 g/mol. The van der Waals surface area contributed by atoms with Crippen molar-refractivity contribution in [3.05, 3.63) is 12.3 Å². The van der Waals surface area contributed by atoms with Gasteiger partial charge in [-0.1, -0.05) is 6.92 Å². The van der Waals surface area contributed by atoms with Crippen LogP contribution >= 0.6 is 0 Å². The molecule has 0 bridgehead atoms. The SMILES string of the molecule is CCCOc1ccnc(N(C)C(C)(C)CN)n1. The van der Waals surface area contributed by atoms with Gasteiger partial charge in [0.05, 0.1) is 6.61 Å². The fourth-order valence-electron chi connectivity index (χ4n) is 1.19. The first-order valence-electron chi connectivity index (χ1n) is 5.91. The lowest BCUT2D eigenvalue weighted by Crippen LogP contribution is -2.48. The summed E-state index contributed by atoms with van der Waals surface area (Å²) in [5.41, 5.74) is 5.56. The van der Waals surface area contributed by atoms with Gasteiger partial charge in [0.1, 0.15) is 0 Å². The molecule has 0 spiro atoms. The number of likely N-dealkylation sites (N-methyl/N-ethyl adjacent to an activating group) is 1. The Labute approximate surface area is 103 Å². The molecule has 1 aromatic heterocycles. The zero-order chi connectivity index (χ0) is 12.9. The van der Waals surface area contributed by atoms with Crippen LogP contribution in [0.25, 0.3) is 0 Å². The monoisotopic (exact) mass is 238 g/mol. The topological polar surface area (TPSA) is 64.3 Å². The summed E-state index contributed by atoms with van der Waals surface area (Å²) in [4.78, 5) is 10.6. The summed E-state index contributed by atoms with van der Waals surface area (Å²) in [7, 11) is 1.94. The number of nitrogens with two attached hydrogens (primary N) is 1. The fourth-order valence-corrected chi connectivity index (χ4v) is 1.19. The number of hydrogen-bond acceptors (Lipinski definition) is 5. The highest BCUT2D eigenvalue weighted by atomic mass is 16.5. The summed E-state index contributed by atoms with van der Waals surface area (Å²) in [5, 5.41) is 0. The second kappa shape index (κ2) is 5.82. The van der Waals surface area contributed by atoms with E-state index < -0.39 is 0 Å². The lowest BCUT2D eigenvalue weighted by molar-refractivity contribution is 0.304. The van der Waals surface area contributed by atoms with E-state index >= 15 is 0 Å². The number of aromatic nitrogens is 2. The van der Waals surface area contributed by atoms with Gasteiger partial charge in [-0.05, 0) is 20.3 Å². The molecule has 0 saturated heterocycles. The van der Waals surface area contributed by atoms with Crippen molar-refractivity contribution >= 4 is 5.95 Å². The van der Waals surface area contributed by atoms with Gasteiger partial charge >= 0.3 is 0 Å². The van der Waals surface area contributed by atoms with Crippen LogP contribution in [0.4, 0.5) is 5.95 Å². The Bertz CT molecular complexity index is 354. The third-order valence-corrected chi connectivity index (χ3v) is 2.78. The number of nitrogens with zero attached hydrogens (tertiary/aromatic N) is 3. The highest BCUT2D eigenvalue weighted by Crippen LogP contribution is 2.19. The molecule has 1 heterocycles. The van der Waals surface area contributed by atoms with Crippen molar-refractivity contribution in [1.29, 1.82) is 0 Å². The molecular weight excluding hydrogens is 216 g/mol. The number of hydrogen-bond donors (Lipinski definition) is 1. The molecule has 2 N–H and O–H groups in total. The highest BCUT2D eigenvalue weighted by Gasteiger charge is 2.24. The predicted molar refractivity (Wildman–Crippen MR) is 69.4 cm³/mol. The molecule has 0 radical (unpaired) electrons. The summed E-state index contributed by atoms with van der Waals surface area (Å²) >= 11 is 0. The Morgan fingerprint density at radius 2 is 2.18 bits per heavy atom. The summed E-state index contributed by atoms with van der Waals surface area (Å²) in [6.45, 7) is 7.37. The lowest BCUT2D eigenvalue weighted by Gasteiger charge is -2.34. The third kappa shape index (κ3) is 3.56. The first-order chi connectivity index (χ1) is 8.01. The van der Waals surface area contributed by atoms with Crippen molar-refractivity contribution in [3.8, 4) is 5.88 Å². The Morgan fingerprint density at radius 1 is 1.47 bits per heavy atom. The van der Waals surface area contributed by atoms with Crippen LogP contribution in [-0.2, 0) is 0 Å². The summed E-state index contributed by atoms with van der Waals surface area (Å²) in [6, 6.07) is 1.77. The van der Waals surface area contributed by atoms with Crippen LogP contribution in [-0.4, -0.2) is 35.7 Å². The molecule has 0 aliphatic carbocycles. The molecule has 0 saturated carbocycles. The van der Waals surface area contributed by atoms with E-state index in [0.717, 1.165) is 6.42 Å². The molecule has 1 aromatic rings. The maximum atomic E-state index is 5.73. The van der Waals surface area contributed by atoms with Crippen molar-refractivity contribution in [1.82, 2.24) is 9.97 Å². The maximum absolute atomic E-state index is 5.73. The van der Waals surface area contributed by atoms with Gasteiger partial charge < -0.3 is 15.4 Å². The van der Waals surface area contributed by atoms with Crippen molar-refractivity contribution < 1.29 is 4.74 Å². The van der Waals surface area contributed by atoms with Gasteiger partial charge in [-0.15, -0.1) is 0 Å². The minimum Gasteiger partial charge on any atom is -0.478 e. The highest BCUT2D eigenvalue weighted by molar-refractivity contribution is 5.34. The average Bonchev–Trinajstić information content (AvgIpc) is 2.35. The van der Waals surface area contributed by atoms with E-state index in [9.17, 15) is 0 Å². The van der Waals surface area contributed by atoms with E-state index in [1.807, 2.05) is 11.9 Å². The third-order valence-electron chi connectivity index (χ3n) is 2.78. The first kappa shape index (κ1) is 13.7. The molecular formula is C12H22N4O. The minimum atomic E-state index is -0.177. The minimum absolute atomic E-state index is 0.177. The van der Waals surface area contributed by atoms with Crippen LogP contribution < -0.4 is 15.4 Å². The first-order valence-corrected chi connectivity index (χ1v) is 5.91. The van der Waals surface area contributed by atoms with E-state index in [2.05, 4.69) is 30.7 Å². The molecule has 5 nitrogen and oxygen atoms in total. The molecule has 17 heavy (non-hydrogen) atoms. The van der Waals surface area contributed by atoms with Crippen LogP contribution in [0.3, 0.4) is 0 Å². The molecule has 96 valence electrons. The van der Waals surface area contributed by atoms with Gasteiger partial charge in [-0.2, -0.15) is 4.98 Å². The van der Waals surface area contributed by atoms with Crippen molar-refractivity contribution in [2.45, 2.75) is 32.7 Å². The molecule has 0 aliphatic rings. The van der Waals surface area contributed by atoms with Crippen LogP contribution in [0.1, 0.15) is 27.2 Å². The molecule has 0 aromatic carbocycles. The van der Waals surface area contributed by atoms with Gasteiger partial charge in [-0.3, -0.25) is 0 Å². The van der Waals surface area contributed by atoms with Crippen molar-refractivity contribution in [2.75, 3.05) is 25.1 Å². The molecule has 1 rings (SSSR count). The predicted octanol–water partition coefficient (Wildman–Crippen LogP) is 1.44. The smallest absolute Gasteiger partial charge is 0.228 e. The lowest BCUT2D eigenvalue weighted by atomic mass is 10.1. The van der Waals surface area contributed by atoms with E-state index in [-0.39, 0.29) is 5.54 Å². The van der Waals surface area contributed by atoms with Gasteiger partial charge in [-0.25, -0.2) is 4.98 Å². The molecule has 0 fully saturated rings. The van der Waals surface area contributed by atoms with Crippen molar-refractivity contribution in [2.24, 2.45) is 5.73 Å². The quantitative estimate of drug-likeness (QED) is 0.812. The zero-order valence-electron chi connectivity index (χ0n) is 11.1. The normalized spacial score (nSPS) is 11.4. The Morgan fingerprint density at radius 3 is 2.76 bits per heavy atom. The van der Waals surface area contributed by atoms with E-state index in [0.29, 0.717) is 25.0 Å².